The number of benzene rings is 2. The number of rotatable bonds is 19. The number of fused-ring (bicyclic) bond motifs is 3. The maximum Gasteiger partial charge on any atom is 0.407 e. The van der Waals surface area contributed by atoms with Crippen LogP contribution < -0.4 is 16.0 Å². The van der Waals surface area contributed by atoms with E-state index >= 15 is 0 Å². The van der Waals surface area contributed by atoms with Gasteiger partial charge in [0.15, 0.2) is 18.5 Å². The van der Waals surface area contributed by atoms with Crippen LogP contribution in [0.2, 0.25) is 0 Å². The lowest BCUT2D eigenvalue weighted by Gasteiger charge is -2.44. The van der Waals surface area contributed by atoms with E-state index in [4.69, 9.17) is 28.4 Å². The van der Waals surface area contributed by atoms with Gasteiger partial charge in [0.1, 0.15) is 31.4 Å². The van der Waals surface area contributed by atoms with Gasteiger partial charge >= 0.3 is 30.0 Å². The molecule has 0 saturated carbocycles. The van der Waals surface area contributed by atoms with Crippen molar-refractivity contribution in [3.63, 3.8) is 0 Å². The van der Waals surface area contributed by atoms with Crippen molar-refractivity contribution in [2.24, 2.45) is 0 Å². The van der Waals surface area contributed by atoms with Gasteiger partial charge in [-0.3, -0.25) is 24.0 Å². The fourth-order valence-electron chi connectivity index (χ4n) is 6.69. The van der Waals surface area contributed by atoms with Gasteiger partial charge in [0, 0.05) is 46.6 Å². The molecule has 0 radical (unpaired) electrons. The number of amides is 3. The first-order valence-electron chi connectivity index (χ1n) is 18.4. The average Bonchev–Trinajstić information content (AvgIpc) is 3.46. The number of carbonyl (C=O) groups is 7. The van der Waals surface area contributed by atoms with Gasteiger partial charge < -0.3 is 49.5 Å². The molecule has 2 unspecified atom stereocenters. The molecule has 2 aromatic carbocycles. The van der Waals surface area contributed by atoms with Crippen molar-refractivity contribution in [3.05, 3.63) is 59.7 Å². The molecule has 1 aliphatic heterocycles. The number of esters is 3. The molecule has 1 heterocycles. The fraction of sp³-hybridized carbons (Fsp3) is 0.513. The summed E-state index contributed by atoms with van der Waals surface area (Å²) < 4.78 is 33.2. The molecular formula is C39H49N3O14. The lowest BCUT2D eigenvalue weighted by Crippen LogP contribution is -2.66. The SMILES string of the molecule is CC(=O)NC1[C@H](OCCCC(=O)NCCCC[C@H](NC(=O)OCC2c3ccccc3-c3ccccc32)C(=O)O)OC(COC(C)=O)[C@H](OC(C)=O)[C@@H]1OC(C)=O. The first-order chi connectivity index (χ1) is 26.7. The Morgan fingerprint density at radius 1 is 0.768 bits per heavy atom. The second kappa shape index (κ2) is 20.9. The Morgan fingerprint density at radius 2 is 1.39 bits per heavy atom. The molecule has 4 N–H and O–H groups in total. The van der Waals surface area contributed by atoms with E-state index in [9.17, 15) is 38.7 Å². The Morgan fingerprint density at radius 3 is 1.98 bits per heavy atom. The highest BCUT2D eigenvalue weighted by molar-refractivity contribution is 5.81. The first kappa shape index (κ1) is 43.2. The third-order valence-corrected chi connectivity index (χ3v) is 9.08. The molecule has 0 spiro atoms. The lowest BCUT2D eigenvalue weighted by molar-refractivity contribution is -0.277. The zero-order valence-electron chi connectivity index (χ0n) is 31.8. The summed E-state index contributed by atoms with van der Waals surface area (Å²) in [4.78, 5) is 84.6. The molecule has 17 nitrogen and oxygen atoms in total. The molecule has 1 fully saturated rings. The second-order valence-electron chi connectivity index (χ2n) is 13.4. The number of nitrogens with one attached hydrogen (secondary N) is 3. The zero-order valence-corrected chi connectivity index (χ0v) is 31.8. The van der Waals surface area contributed by atoms with E-state index in [1.54, 1.807) is 0 Å². The number of alkyl carbamates (subject to hydrolysis) is 1. The van der Waals surface area contributed by atoms with E-state index in [0.29, 0.717) is 12.8 Å². The predicted molar refractivity (Wildman–Crippen MR) is 196 cm³/mol. The molecule has 1 aliphatic carbocycles. The van der Waals surface area contributed by atoms with Crippen molar-refractivity contribution in [1.29, 1.82) is 0 Å². The van der Waals surface area contributed by atoms with Crippen LogP contribution in [0.15, 0.2) is 48.5 Å². The largest absolute Gasteiger partial charge is 0.480 e. The number of carboxylic acids is 1. The normalized spacial score (nSPS) is 20.3. The van der Waals surface area contributed by atoms with Crippen LogP contribution in [0, 0.1) is 0 Å². The molecule has 304 valence electrons. The first-order valence-corrected chi connectivity index (χ1v) is 18.4. The van der Waals surface area contributed by atoms with Gasteiger partial charge in [-0.25, -0.2) is 9.59 Å². The highest BCUT2D eigenvalue weighted by atomic mass is 16.7. The number of ether oxygens (including phenoxy) is 6. The summed E-state index contributed by atoms with van der Waals surface area (Å²) in [6.07, 6.45) is -4.53. The zero-order chi connectivity index (χ0) is 40.8. The van der Waals surface area contributed by atoms with Crippen LogP contribution in [0.1, 0.15) is 76.8 Å². The van der Waals surface area contributed by atoms with Crippen molar-refractivity contribution < 1.29 is 67.1 Å². The van der Waals surface area contributed by atoms with Crippen LogP contribution in [0.5, 0.6) is 0 Å². The van der Waals surface area contributed by atoms with Crippen LogP contribution in [-0.4, -0.2) is 110 Å². The standard InChI is InChI=1S/C39H49N3O14/c1-22(43)41-34-36(55-25(4)46)35(54-24(3)45)32(21-52-23(2)44)56-38(34)51-19-11-17-33(47)40-18-10-9-16-31(37(48)49)42-39(50)53-20-30-28-14-7-5-12-26(28)27-13-6-8-15-29(27)30/h5-8,12-15,30-32,34-36,38H,9-11,16-21H2,1-4H3,(H,40,47)(H,41,43)(H,42,50)(H,48,49)/t31-,32?,34?,35-,36+,38+/m0/s1. The summed E-state index contributed by atoms with van der Waals surface area (Å²) >= 11 is 0. The Bertz CT molecular complexity index is 1690. The minimum Gasteiger partial charge on any atom is -0.480 e. The summed E-state index contributed by atoms with van der Waals surface area (Å²) in [5, 5.41) is 17.5. The summed E-state index contributed by atoms with van der Waals surface area (Å²) in [6.45, 7) is 4.55. The second-order valence-corrected chi connectivity index (χ2v) is 13.4. The Hall–Kier alpha value is -5.55. The molecule has 0 aromatic heterocycles. The summed E-state index contributed by atoms with van der Waals surface area (Å²) in [6, 6.07) is 13.5. The van der Waals surface area contributed by atoms with Crippen LogP contribution in [0.25, 0.3) is 11.1 Å². The topological polar surface area (TPSA) is 231 Å². The van der Waals surface area contributed by atoms with Crippen molar-refractivity contribution in [1.82, 2.24) is 16.0 Å². The molecule has 56 heavy (non-hydrogen) atoms. The van der Waals surface area contributed by atoms with E-state index in [-0.39, 0.29) is 57.5 Å². The van der Waals surface area contributed by atoms with Gasteiger partial charge in [0.2, 0.25) is 11.8 Å². The highest BCUT2D eigenvalue weighted by Crippen LogP contribution is 2.44. The average molecular weight is 784 g/mol. The van der Waals surface area contributed by atoms with Crippen molar-refractivity contribution in [2.45, 2.75) is 102 Å². The van der Waals surface area contributed by atoms with Gasteiger partial charge in [-0.2, -0.15) is 0 Å². The molecule has 0 bridgehead atoms. The van der Waals surface area contributed by atoms with Gasteiger partial charge in [-0.05, 0) is 47.9 Å². The smallest absolute Gasteiger partial charge is 0.407 e. The molecule has 17 heteroatoms. The number of carboxylic acid groups (broad SMARTS) is 1. The third-order valence-electron chi connectivity index (χ3n) is 9.08. The van der Waals surface area contributed by atoms with Crippen molar-refractivity contribution >= 4 is 41.8 Å². The number of carbonyl (C=O) groups excluding carboxylic acids is 6. The van der Waals surface area contributed by atoms with Gasteiger partial charge in [-0.15, -0.1) is 0 Å². The third kappa shape index (κ3) is 12.5. The summed E-state index contributed by atoms with van der Waals surface area (Å²) in [7, 11) is 0. The predicted octanol–water partition coefficient (Wildman–Crippen LogP) is 2.72. The Labute approximate surface area is 324 Å². The number of unbranched alkanes of at least 4 members (excludes halogenated alkanes) is 1. The van der Waals surface area contributed by atoms with E-state index in [0.717, 1.165) is 36.1 Å². The monoisotopic (exact) mass is 783 g/mol. The maximum absolute atomic E-state index is 12.6. The van der Waals surface area contributed by atoms with E-state index in [1.165, 1.54) is 13.8 Å². The molecule has 3 amide bonds. The number of aliphatic carboxylic acids is 1. The molecular weight excluding hydrogens is 734 g/mol. The molecule has 2 aliphatic rings. The minimum atomic E-state index is -1.27. The van der Waals surface area contributed by atoms with Crippen molar-refractivity contribution in [3.8, 4) is 11.1 Å². The van der Waals surface area contributed by atoms with E-state index in [1.807, 2.05) is 48.5 Å². The highest BCUT2D eigenvalue weighted by Gasteiger charge is 2.51. The van der Waals surface area contributed by atoms with E-state index in [2.05, 4.69) is 16.0 Å². The van der Waals surface area contributed by atoms with E-state index < -0.39 is 72.6 Å². The lowest BCUT2D eigenvalue weighted by atomic mass is 9.96. The molecule has 6 atom stereocenters. The van der Waals surface area contributed by atoms with Crippen LogP contribution in [-0.2, 0) is 57.2 Å². The Kier molecular flexibility index (Phi) is 16.1. The quantitative estimate of drug-likeness (QED) is 0.0913. The number of hydrogen-bond acceptors (Lipinski definition) is 13. The van der Waals surface area contributed by atoms with Gasteiger partial charge in [-0.1, -0.05) is 48.5 Å². The van der Waals surface area contributed by atoms with Gasteiger partial charge in [0.05, 0.1) is 6.61 Å². The molecule has 1 saturated heterocycles. The maximum atomic E-state index is 12.6. The molecule has 2 aromatic rings. The molecule has 4 rings (SSSR count). The Balaban J connectivity index is 1.19. The summed E-state index contributed by atoms with van der Waals surface area (Å²) in [5.74, 6) is -4.31. The minimum absolute atomic E-state index is 0.0404. The summed E-state index contributed by atoms with van der Waals surface area (Å²) in [5.41, 5.74) is 4.23. The van der Waals surface area contributed by atoms with Crippen LogP contribution in [0.3, 0.4) is 0 Å². The van der Waals surface area contributed by atoms with Crippen LogP contribution in [0.4, 0.5) is 4.79 Å². The number of hydrogen-bond donors (Lipinski definition) is 4. The van der Waals surface area contributed by atoms with Crippen molar-refractivity contribution in [2.75, 3.05) is 26.4 Å². The van der Waals surface area contributed by atoms with Crippen LogP contribution >= 0.6 is 0 Å². The van der Waals surface area contributed by atoms with Gasteiger partial charge in [0.25, 0.3) is 0 Å². The fourth-order valence-corrected chi connectivity index (χ4v) is 6.69.